The highest BCUT2D eigenvalue weighted by molar-refractivity contribution is 7.99. The van der Waals surface area contributed by atoms with Gasteiger partial charge in [-0.2, -0.15) is 16.9 Å². The fourth-order valence-corrected chi connectivity index (χ4v) is 4.56. The fraction of sp³-hybridized carbons (Fsp3) is 0.786. The normalized spacial score (nSPS) is 27.6. The topological polar surface area (TPSA) is 27.1 Å². The van der Waals surface area contributed by atoms with Gasteiger partial charge in [-0.15, -0.1) is 0 Å². The van der Waals surface area contributed by atoms with Crippen molar-refractivity contribution in [2.45, 2.75) is 51.2 Å². The Morgan fingerprint density at radius 1 is 1.39 bits per heavy atom. The Morgan fingerprint density at radius 2 is 2.17 bits per heavy atom. The highest BCUT2D eigenvalue weighted by atomic mass is 32.2. The van der Waals surface area contributed by atoms with Crippen molar-refractivity contribution in [1.82, 2.24) is 9.78 Å². The van der Waals surface area contributed by atoms with Crippen molar-refractivity contribution < 1.29 is 4.74 Å². The van der Waals surface area contributed by atoms with Crippen LogP contribution in [-0.2, 0) is 4.74 Å². The van der Waals surface area contributed by atoms with Gasteiger partial charge < -0.3 is 4.74 Å². The molecule has 1 aromatic rings. The van der Waals surface area contributed by atoms with E-state index in [4.69, 9.17) is 4.74 Å². The average molecular weight is 266 g/mol. The van der Waals surface area contributed by atoms with E-state index >= 15 is 0 Å². The van der Waals surface area contributed by atoms with E-state index in [1.165, 1.54) is 30.0 Å². The zero-order valence-corrected chi connectivity index (χ0v) is 12.1. The maximum Gasteiger partial charge on any atom is 0.0718 e. The van der Waals surface area contributed by atoms with Gasteiger partial charge in [0.25, 0.3) is 0 Å². The van der Waals surface area contributed by atoms with E-state index in [-0.39, 0.29) is 5.60 Å². The molecule has 2 aliphatic heterocycles. The van der Waals surface area contributed by atoms with Gasteiger partial charge in [0.05, 0.1) is 17.3 Å². The average Bonchev–Trinajstić information content (AvgIpc) is 2.69. The molecule has 3 rings (SSSR count). The van der Waals surface area contributed by atoms with Crippen molar-refractivity contribution in [3.05, 3.63) is 17.5 Å². The molecule has 2 fully saturated rings. The van der Waals surface area contributed by atoms with E-state index in [9.17, 15) is 0 Å². The second-order valence-electron chi connectivity index (χ2n) is 5.66. The number of thioether (sulfide) groups is 1. The molecule has 0 radical (unpaired) electrons. The number of hydrogen-bond donors (Lipinski definition) is 0. The molecule has 1 unspecified atom stereocenters. The molecule has 0 aromatic carbocycles. The molecule has 2 aliphatic rings. The third-order valence-corrected chi connectivity index (χ3v) is 5.25. The lowest BCUT2D eigenvalue weighted by Gasteiger charge is -2.43. The van der Waals surface area contributed by atoms with E-state index in [2.05, 4.69) is 41.5 Å². The van der Waals surface area contributed by atoms with Crippen LogP contribution in [-0.4, -0.2) is 33.5 Å². The van der Waals surface area contributed by atoms with Gasteiger partial charge in [-0.05, 0) is 57.1 Å². The van der Waals surface area contributed by atoms with Crippen molar-refractivity contribution in [1.29, 1.82) is 0 Å². The van der Waals surface area contributed by atoms with Crippen molar-refractivity contribution in [3.63, 3.8) is 0 Å². The summed E-state index contributed by atoms with van der Waals surface area (Å²) in [6, 6.07) is 2.72. The summed E-state index contributed by atoms with van der Waals surface area (Å²) >= 11 is 2.06. The Labute approximate surface area is 113 Å². The molecule has 3 nitrogen and oxygen atoms in total. The predicted molar refractivity (Wildman–Crippen MR) is 75.2 cm³/mol. The molecular formula is C14H22N2OS. The summed E-state index contributed by atoms with van der Waals surface area (Å²) in [4.78, 5) is 0. The van der Waals surface area contributed by atoms with Crippen LogP contribution in [0.2, 0.25) is 0 Å². The highest BCUT2D eigenvalue weighted by Crippen LogP contribution is 2.41. The minimum absolute atomic E-state index is 0.153. The molecule has 100 valence electrons. The Morgan fingerprint density at radius 3 is 2.83 bits per heavy atom. The van der Waals surface area contributed by atoms with Crippen LogP contribution in [0.5, 0.6) is 0 Å². The zero-order valence-electron chi connectivity index (χ0n) is 11.3. The molecule has 0 amide bonds. The molecule has 18 heavy (non-hydrogen) atoms. The lowest BCUT2D eigenvalue weighted by molar-refractivity contribution is -0.100. The van der Waals surface area contributed by atoms with E-state index in [1.807, 2.05) is 0 Å². The largest absolute Gasteiger partial charge is 0.375 e. The molecule has 4 heteroatoms. The van der Waals surface area contributed by atoms with Gasteiger partial charge in [0.2, 0.25) is 0 Å². The smallest absolute Gasteiger partial charge is 0.0718 e. The van der Waals surface area contributed by atoms with E-state index in [0.717, 1.165) is 25.1 Å². The molecule has 0 aliphatic carbocycles. The van der Waals surface area contributed by atoms with Crippen LogP contribution in [0.3, 0.4) is 0 Å². The fourth-order valence-electron chi connectivity index (χ4n) is 3.32. The third-order valence-electron chi connectivity index (χ3n) is 4.26. The molecule has 2 saturated heterocycles. The Bertz CT molecular complexity index is 418. The van der Waals surface area contributed by atoms with Crippen molar-refractivity contribution in [3.8, 4) is 0 Å². The maximum atomic E-state index is 6.15. The SMILES string of the molecule is Cc1cc(C)n(C2CCOC3(CCSCC3)C2)n1. The second kappa shape index (κ2) is 4.89. The van der Waals surface area contributed by atoms with Crippen LogP contribution in [0.15, 0.2) is 6.07 Å². The van der Waals surface area contributed by atoms with Gasteiger partial charge >= 0.3 is 0 Å². The van der Waals surface area contributed by atoms with Crippen LogP contribution in [0.25, 0.3) is 0 Å². The van der Waals surface area contributed by atoms with Crippen molar-refractivity contribution in [2.75, 3.05) is 18.1 Å². The van der Waals surface area contributed by atoms with E-state index in [1.54, 1.807) is 0 Å². The summed E-state index contributed by atoms with van der Waals surface area (Å²) in [6.45, 7) is 5.14. The van der Waals surface area contributed by atoms with Gasteiger partial charge in [-0.3, -0.25) is 4.68 Å². The van der Waals surface area contributed by atoms with Crippen molar-refractivity contribution in [2.24, 2.45) is 0 Å². The van der Waals surface area contributed by atoms with Gasteiger partial charge in [-0.1, -0.05) is 0 Å². The molecule has 1 atom stereocenters. The number of hydrogen-bond acceptors (Lipinski definition) is 3. The standard InChI is InChI=1S/C14H22N2OS/c1-11-9-12(2)16(15-11)13-3-6-17-14(10-13)4-7-18-8-5-14/h9,13H,3-8,10H2,1-2H3. The first-order valence-electron chi connectivity index (χ1n) is 6.93. The number of aryl methyl sites for hydroxylation is 2. The lowest BCUT2D eigenvalue weighted by Crippen LogP contribution is -2.43. The first-order valence-corrected chi connectivity index (χ1v) is 8.08. The summed E-state index contributed by atoms with van der Waals surface area (Å²) in [6.07, 6.45) is 4.69. The summed E-state index contributed by atoms with van der Waals surface area (Å²) in [7, 11) is 0. The van der Waals surface area contributed by atoms with Crippen LogP contribution < -0.4 is 0 Å². The van der Waals surface area contributed by atoms with Gasteiger partial charge in [0, 0.05) is 12.3 Å². The van der Waals surface area contributed by atoms with E-state index < -0.39 is 0 Å². The minimum atomic E-state index is 0.153. The Balaban J connectivity index is 1.79. The molecular weight excluding hydrogens is 244 g/mol. The lowest BCUT2D eigenvalue weighted by atomic mass is 9.85. The molecule has 3 heterocycles. The molecule has 0 bridgehead atoms. The Hall–Kier alpha value is -0.480. The predicted octanol–water partition coefficient (Wildman–Crippen LogP) is 3.12. The third kappa shape index (κ3) is 2.32. The number of aromatic nitrogens is 2. The summed E-state index contributed by atoms with van der Waals surface area (Å²) in [5.41, 5.74) is 2.58. The van der Waals surface area contributed by atoms with Crippen LogP contribution >= 0.6 is 11.8 Å². The molecule has 1 spiro atoms. The highest BCUT2D eigenvalue weighted by Gasteiger charge is 2.39. The molecule has 0 saturated carbocycles. The number of nitrogens with zero attached hydrogens (tertiary/aromatic N) is 2. The summed E-state index contributed by atoms with van der Waals surface area (Å²) in [5, 5.41) is 4.67. The Kier molecular flexibility index (Phi) is 3.41. The van der Waals surface area contributed by atoms with Crippen LogP contribution in [0.1, 0.15) is 43.1 Å². The zero-order chi connectivity index (χ0) is 12.6. The molecule has 0 N–H and O–H groups in total. The summed E-state index contributed by atoms with van der Waals surface area (Å²) < 4.78 is 8.39. The van der Waals surface area contributed by atoms with Crippen LogP contribution in [0, 0.1) is 13.8 Å². The number of ether oxygens (including phenoxy) is 1. The van der Waals surface area contributed by atoms with Crippen molar-refractivity contribution >= 4 is 11.8 Å². The van der Waals surface area contributed by atoms with Gasteiger partial charge in [0.15, 0.2) is 0 Å². The number of rotatable bonds is 1. The second-order valence-corrected chi connectivity index (χ2v) is 6.89. The quantitative estimate of drug-likeness (QED) is 0.781. The van der Waals surface area contributed by atoms with E-state index in [0.29, 0.717) is 6.04 Å². The van der Waals surface area contributed by atoms with Gasteiger partial charge in [-0.25, -0.2) is 0 Å². The molecule has 1 aromatic heterocycles. The van der Waals surface area contributed by atoms with Crippen LogP contribution in [0.4, 0.5) is 0 Å². The minimum Gasteiger partial charge on any atom is -0.375 e. The van der Waals surface area contributed by atoms with Gasteiger partial charge in [0.1, 0.15) is 0 Å². The summed E-state index contributed by atoms with van der Waals surface area (Å²) in [5.74, 6) is 2.51. The first-order chi connectivity index (χ1) is 8.69. The maximum absolute atomic E-state index is 6.15. The monoisotopic (exact) mass is 266 g/mol. The first kappa shape index (κ1) is 12.5.